The van der Waals surface area contributed by atoms with Crippen LogP contribution in [0, 0.1) is 0 Å². The van der Waals surface area contributed by atoms with Crippen LogP contribution in [0.25, 0.3) is 11.0 Å². The highest BCUT2D eigenvalue weighted by molar-refractivity contribution is 5.76. The molecule has 1 aliphatic carbocycles. The topological polar surface area (TPSA) is 68.4 Å². The highest BCUT2D eigenvalue weighted by atomic mass is 16.5. The molecule has 1 atom stereocenters. The summed E-state index contributed by atoms with van der Waals surface area (Å²) in [5.41, 5.74) is 3.55. The molecule has 0 bridgehead atoms. The monoisotopic (exact) mass is 423 g/mol. The lowest BCUT2D eigenvalue weighted by Gasteiger charge is -2.16. The molecule has 1 aliphatic rings. The van der Waals surface area contributed by atoms with Crippen molar-refractivity contribution in [3.8, 4) is 5.75 Å². The van der Waals surface area contributed by atoms with Crippen LogP contribution < -0.4 is 15.7 Å². The van der Waals surface area contributed by atoms with Crippen LogP contribution in [0.4, 0.5) is 0 Å². The molecular weight excluding hydrogens is 390 g/mol. The van der Waals surface area contributed by atoms with Gasteiger partial charge in [-0.2, -0.15) is 0 Å². The molecule has 3 aromatic rings. The maximum absolute atomic E-state index is 12.1. The first-order chi connectivity index (χ1) is 15.0. The average molecular weight is 424 g/mol. The van der Waals surface area contributed by atoms with E-state index >= 15 is 0 Å². The first-order valence-corrected chi connectivity index (χ1v) is 11.3. The van der Waals surface area contributed by atoms with Gasteiger partial charge in [-0.05, 0) is 48.2 Å². The van der Waals surface area contributed by atoms with E-state index in [1.54, 1.807) is 23.2 Å². The van der Waals surface area contributed by atoms with E-state index in [0.29, 0.717) is 6.04 Å². The summed E-state index contributed by atoms with van der Waals surface area (Å²) in [7, 11) is 3.49. The van der Waals surface area contributed by atoms with E-state index in [1.807, 2.05) is 30.3 Å². The molecule has 1 aromatic heterocycles. The van der Waals surface area contributed by atoms with Gasteiger partial charge in [0.05, 0.1) is 11.0 Å². The van der Waals surface area contributed by atoms with Gasteiger partial charge in [-0.1, -0.05) is 43.9 Å². The fourth-order valence-corrected chi connectivity index (χ4v) is 4.45. The maximum atomic E-state index is 12.1. The molecule has 1 fully saturated rings. The first kappa shape index (κ1) is 21.7. The van der Waals surface area contributed by atoms with Gasteiger partial charge in [0.2, 0.25) is 0 Å². The molecule has 0 saturated heterocycles. The summed E-state index contributed by atoms with van der Waals surface area (Å²) in [6.07, 6.45) is 7.20. The van der Waals surface area contributed by atoms with Crippen LogP contribution in [-0.4, -0.2) is 26.9 Å². The van der Waals surface area contributed by atoms with Crippen LogP contribution in [-0.2, 0) is 20.6 Å². The largest absolute Gasteiger partial charge is 0.491 e. The second-order valence-corrected chi connectivity index (χ2v) is 8.69. The Bertz CT molecular complexity index is 1060. The molecule has 6 nitrogen and oxygen atoms in total. The fraction of sp³-hybridized carbons (Fsp3) is 0.480. The maximum Gasteiger partial charge on any atom is 0.328 e. The van der Waals surface area contributed by atoms with Crippen molar-refractivity contribution in [1.82, 2.24) is 14.5 Å². The summed E-state index contributed by atoms with van der Waals surface area (Å²) < 4.78 is 9.01. The molecule has 31 heavy (non-hydrogen) atoms. The van der Waals surface area contributed by atoms with Gasteiger partial charge in [-0.3, -0.25) is 9.13 Å². The van der Waals surface area contributed by atoms with Gasteiger partial charge in [0.25, 0.3) is 0 Å². The van der Waals surface area contributed by atoms with E-state index in [4.69, 9.17) is 4.74 Å². The third-order valence-electron chi connectivity index (χ3n) is 6.46. The Balaban J connectivity index is 1.32. The fourth-order valence-electron chi connectivity index (χ4n) is 4.45. The number of benzene rings is 2. The SMILES string of the molecule is Cn1c(=O)n(C)c2cc([C@@H](O)COc3ccc(CNC4CCCCCC4)cc3)ccc21. The second-order valence-electron chi connectivity index (χ2n) is 8.69. The number of nitrogens with zero attached hydrogens (tertiary/aromatic N) is 2. The lowest BCUT2D eigenvalue weighted by atomic mass is 10.1. The van der Waals surface area contributed by atoms with Crippen molar-refractivity contribution in [1.29, 1.82) is 0 Å². The summed E-state index contributed by atoms with van der Waals surface area (Å²) in [5.74, 6) is 0.741. The minimum Gasteiger partial charge on any atom is -0.491 e. The Morgan fingerprint density at radius 2 is 1.68 bits per heavy atom. The summed E-state index contributed by atoms with van der Waals surface area (Å²) in [6, 6.07) is 14.3. The second kappa shape index (κ2) is 9.71. The Labute approximate surface area is 183 Å². The predicted octanol–water partition coefficient (Wildman–Crippen LogP) is 3.80. The third-order valence-corrected chi connectivity index (χ3v) is 6.46. The number of rotatable bonds is 7. The van der Waals surface area contributed by atoms with Gasteiger partial charge in [0.1, 0.15) is 18.5 Å². The Kier molecular flexibility index (Phi) is 6.78. The lowest BCUT2D eigenvalue weighted by Crippen LogP contribution is -2.27. The summed E-state index contributed by atoms with van der Waals surface area (Å²) in [5, 5.41) is 14.3. The number of hydrogen-bond donors (Lipinski definition) is 2. The molecule has 0 amide bonds. The number of hydrogen-bond acceptors (Lipinski definition) is 4. The van der Waals surface area contributed by atoms with Crippen molar-refractivity contribution >= 4 is 11.0 Å². The standard InChI is InChI=1S/C25H33N3O3/c1-27-22-14-11-19(15-23(22)28(2)25(27)30)24(29)17-31-21-12-9-18(10-13-21)16-26-20-7-5-3-4-6-8-20/h9-15,20,24,26,29H,3-8,16-17H2,1-2H3/t24-/m0/s1. The summed E-state index contributed by atoms with van der Waals surface area (Å²) in [4.78, 5) is 12.1. The van der Waals surface area contributed by atoms with Crippen LogP contribution in [0.2, 0.25) is 0 Å². The molecule has 0 unspecified atom stereocenters. The van der Waals surface area contributed by atoms with Crippen molar-refractivity contribution in [3.05, 3.63) is 64.1 Å². The first-order valence-electron chi connectivity index (χ1n) is 11.3. The molecule has 6 heteroatoms. The minimum atomic E-state index is -0.767. The Hall–Kier alpha value is -2.57. The smallest absolute Gasteiger partial charge is 0.328 e. The number of imidazole rings is 1. The van der Waals surface area contributed by atoms with Crippen LogP contribution >= 0.6 is 0 Å². The molecule has 1 heterocycles. The van der Waals surface area contributed by atoms with Gasteiger partial charge < -0.3 is 15.2 Å². The minimum absolute atomic E-state index is 0.0773. The van der Waals surface area contributed by atoms with E-state index in [9.17, 15) is 9.90 Å². The predicted molar refractivity (Wildman–Crippen MR) is 123 cm³/mol. The van der Waals surface area contributed by atoms with Crippen molar-refractivity contribution in [2.24, 2.45) is 14.1 Å². The summed E-state index contributed by atoms with van der Waals surface area (Å²) in [6.45, 7) is 1.04. The molecule has 4 rings (SSSR count). The zero-order valence-electron chi connectivity index (χ0n) is 18.5. The highest BCUT2D eigenvalue weighted by Gasteiger charge is 2.14. The number of aliphatic hydroxyl groups excluding tert-OH is 1. The van der Waals surface area contributed by atoms with Gasteiger partial charge in [0, 0.05) is 26.7 Å². The Morgan fingerprint density at radius 1 is 1.00 bits per heavy atom. The van der Waals surface area contributed by atoms with Gasteiger partial charge in [-0.15, -0.1) is 0 Å². The van der Waals surface area contributed by atoms with Gasteiger partial charge in [-0.25, -0.2) is 4.79 Å². The highest BCUT2D eigenvalue weighted by Crippen LogP contribution is 2.22. The number of aliphatic hydroxyl groups is 1. The van der Waals surface area contributed by atoms with Crippen LogP contribution in [0.5, 0.6) is 5.75 Å². The van der Waals surface area contributed by atoms with Gasteiger partial charge >= 0.3 is 5.69 Å². The molecule has 2 N–H and O–H groups in total. The lowest BCUT2D eigenvalue weighted by molar-refractivity contribution is 0.108. The number of aryl methyl sites for hydroxylation is 2. The molecule has 0 spiro atoms. The molecule has 166 valence electrons. The number of ether oxygens (including phenoxy) is 1. The molecule has 1 saturated carbocycles. The molecule has 0 aliphatic heterocycles. The van der Waals surface area contributed by atoms with Crippen LogP contribution in [0.15, 0.2) is 47.3 Å². The quantitative estimate of drug-likeness (QED) is 0.567. The van der Waals surface area contributed by atoms with E-state index < -0.39 is 6.10 Å². The van der Waals surface area contributed by atoms with Crippen molar-refractivity contribution in [2.45, 2.75) is 57.2 Å². The zero-order valence-corrected chi connectivity index (χ0v) is 18.5. The van der Waals surface area contributed by atoms with Crippen LogP contribution in [0.3, 0.4) is 0 Å². The Morgan fingerprint density at radius 3 is 2.39 bits per heavy atom. The third kappa shape index (κ3) is 5.02. The van der Waals surface area contributed by atoms with Crippen molar-refractivity contribution in [2.75, 3.05) is 6.61 Å². The zero-order chi connectivity index (χ0) is 21.8. The average Bonchev–Trinajstić information content (AvgIpc) is 2.99. The molecule has 0 radical (unpaired) electrons. The molecular formula is C25H33N3O3. The number of nitrogens with one attached hydrogen (secondary N) is 1. The number of aromatic nitrogens is 2. The van der Waals surface area contributed by atoms with Crippen molar-refractivity contribution in [3.63, 3.8) is 0 Å². The molecule has 2 aromatic carbocycles. The van der Waals surface area contributed by atoms with E-state index in [0.717, 1.165) is 28.9 Å². The van der Waals surface area contributed by atoms with E-state index in [-0.39, 0.29) is 12.3 Å². The van der Waals surface area contributed by atoms with Gasteiger partial charge in [0.15, 0.2) is 0 Å². The van der Waals surface area contributed by atoms with E-state index in [2.05, 4.69) is 17.4 Å². The normalized spacial score (nSPS) is 16.4. The number of fused-ring (bicyclic) bond motifs is 1. The van der Waals surface area contributed by atoms with E-state index in [1.165, 1.54) is 44.1 Å². The van der Waals surface area contributed by atoms with Crippen LogP contribution in [0.1, 0.15) is 55.8 Å². The summed E-state index contributed by atoms with van der Waals surface area (Å²) >= 11 is 0. The van der Waals surface area contributed by atoms with Crippen molar-refractivity contribution < 1.29 is 9.84 Å².